The lowest BCUT2D eigenvalue weighted by Gasteiger charge is -2.10. The van der Waals surface area contributed by atoms with E-state index in [2.05, 4.69) is 26.9 Å². The van der Waals surface area contributed by atoms with Crippen molar-refractivity contribution in [3.63, 3.8) is 0 Å². The van der Waals surface area contributed by atoms with Crippen LogP contribution in [-0.2, 0) is 0 Å². The van der Waals surface area contributed by atoms with Crippen LogP contribution in [0.5, 0.6) is 0 Å². The molecule has 0 saturated heterocycles. The van der Waals surface area contributed by atoms with E-state index in [0.717, 1.165) is 28.5 Å². The lowest BCUT2D eigenvalue weighted by Crippen LogP contribution is -2.00. The summed E-state index contributed by atoms with van der Waals surface area (Å²) in [6.07, 6.45) is 0. The molecule has 0 N–H and O–H groups in total. The van der Waals surface area contributed by atoms with Crippen molar-refractivity contribution < 1.29 is 0 Å². The minimum atomic E-state index is 0.702. The van der Waals surface area contributed by atoms with Crippen LogP contribution in [0.2, 0.25) is 5.02 Å². The van der Waals surface area contributed by atoms with Gasteiger partial charge in [-0.3, -0.25) is 4.57 Å². The Morgan fingerprint density at radius 3 is 1.67 bits per heavy atom. The average Bonchev–Trinajstić information content (AvgIpc) is 3.09. The van der Waals surface area contributed by atoms with Gasteiger partial charge in [0.2, 0.25) is 0 Å². The molecule has 0 aliphatic rings. The van der Waals surface area contributed by atoms with Crippen molar-refractivity contribution in [2.45, 2.75) is 0 Å². The van der Waals surface area contributed by atoms with E-state index >= 15 is 0 Å². The zero-order chi connectivity index (χ0) is 16.4. The summed E-state index contributed by atoms with van der Waals surface area (Å²) in [7, 11) is 0. The van der Waals surface area contributed by atoms with Gasteiger partial charge in [-0.2, -0.15) is 0 Å². The molecule has 1 aromatic heterocycles. The highest BCUT2D eigenvalue weighted by Crippen LogP contribution is 2.28. The largest absolute Gasteiger partial charge is 0.275 e. The molecule has 0 unspecified atom stereocenters. The molecule has 4 heteroatoms. The zero-order valence-electron chi connectivity index (χ0n) is 12.8. The van der Waals surface area contributed by atoms with Crippen molar-refractivity contribution in [1.29, 1.82) is 0 Å². The minimum Gasteiger partial charge on any atom is -0.275 e. The Kier molecular flexibility index (Phi) is 3.85. The van der Waals surface area contributed by atoms with Gasteiger partial charge < -0.3 is 0 Å². The van der Waals surface area contributed by atoms with E-state index in [9.17, 15) is 0 Å². The van der Waals surface area contributed by atoms with Gasteiger partial charge in [0, 0.05) is 21.8 Å². The lowest BCUT2D eigenvalue weighted by atomic mass is 10.1. The molecule has 3 aromatic carbocycles. The Bertz CT molecular complexity index is 945. The second kappa shape index (κ2) is 6.30. The summed E-state index contributed by atoms with van der Waals surface area (Å²) < 4.78 is 2.07. The molecular formula is C20H14ClN3. The first kappa shape index (κ1) is 14.7. The minimum absolute atomic E-state index is 0.702. The van der Waals surface area contributed by atoms with E-state index < -0.39 is 0 Å². The first-order valence-corrected chi connectivity index (χ1v) is 8.03. The topological polar surface area (TPSA) is 30.7 Å². The van der Waals surface area contributed by atoms with Gasteiger partial charge in [-0.1, -0.05) is 60.1 Å². The van der Waals surface area contributed by atoms with Gasteiger partial charge in [0.05, 0.1) is 0 Å². The van der Waals surface area contributed by atoms with Crippen LogP contribution in [0, 0.1) is 0 Å². The van der Waals surface area contributed by atoms with Gasteiger partial charge in [0.25, 0.3) is 0 Å². The summed E-state index contributed by atoms with van der Waals surface area (Å²) in [6.45, 7) is 0. The third-order valence-electron chi connectivity index (χ3n) is 3.81. The number of benzene rings is 3. The van der Waals surface area contributed by atoms with Crippen molar-refractivity contribution >= 4 is 11.6 Å². The van der Waals surface area contributed by atoms with Crippen LogP contribution >= 0.6 is 11.6 Å². The number of hydrogen-bond donors (Lipinski definition) is 0. The molecule has 0 bridgehead atoms. The van der Waals surface area contributed by atoms with Crippen molar-refractivity contribution in [2.24, 2.45) is 0 Å². The number of nitrogens with zero attached hydrogens (tertiary/aromatic N) is 3. The van der Waals surface area contributed by atoms with Crippen molar-refractivity contribution in [3.05, 3.63) is 90.0 Å². The average molecular weight is 332 g/mol. The standard InChI is InChI=1S/C20H14ClN3/c21-17-13-11-16(12-14-17)20-23-22-19(15-7-3-1-4-8-15)24(20)18-9-5-2-6-10-18/h1-14H. The molecule has 1 heterocycles. The Morgan fingerprint density at radius 2 is 1.08 bits per heavy atom. The molecule has 0 aliphatic carbocycles. The summed E-state index contributed by atoms with van der Waals surface area (Å²) in [5, 5.41) is 9.58. The predicted molar refractivity (Wildman–Crippen MR) is 97.2 cm³/mol. The Morgan fingerprint density at radius 1 is 0.583 bits per heavy atom. The first-order valence-electron chi connectivity index (χ1n) is 7.65. The van der Waals surface area contributed by atoms with Gasteiger partial charge >= 0.3 is 0 Å². The van der Waals surface area contributed by atoms with Crippen LogP contribution < -0.4 is 0 Å². The SMILES string of the molecule is Clc1ccc(-c2nnc(-c3ccccc3)n2-c2ccccc2)cc1. The van der Waals surface area contributed by atoms with Gasteiger partial charge in [-0.25, -0.2) is 0 Å². The molecule has 0 amide bonds. The fourth-order valence-electron chi connectivity index (χ4n) is 2.67. The Hall–Kier alpha value is -2.91. The van der Waals surface area contributed by atoms with Crippen molar-refractivity contribution in [3.8, 4) is 28.5 Å². The van der Waals surface area contributed by atoms with Gasteiger partial charge in [-0.05, 0) is 36.4 Å². The predicted octanol–water partition coefficient (Wildman–Crippen LogP) is 5.25. The molecular weight excluding hydrogens is 318 g/mol. The fraction of sp³-hybridized carbons (Fsp3) is 0. The maximum absolute atomic E-state index is 6.01. The number of hydrogen-bond acceptors (Lipinski definition) is 2. The van der Waals surface area contributed by atoms with Crippen LogP contribution in [0.4, 0.5) is 0 Å². The summed E-state index contributed by atoms with van der Waals surface area (Å²) in [4.78, 5) is 0. The van der Waals surface area contributed by atoms with E-state index in [1.54, 1.807) is 0 Å². The molecule has 0 radical (unpaired) electrons. The van der Waals surface area contributed by atoms with Crippen LogP contribution in [0.3, 0.4) is 0 Å². The molecule has 3 nitrogen and oxygen atoms in total. The molecule has 24 heavy (non-hydrogen) atoms. The summed E-state index contributed by atoms with van der Waals surface area (Å²) in [5.74, 6) is 1.60. The molecule has 0 atom stereocenters. The highest BCUT2D eigenvalue weighted by Gasteiger charge is 2.16. The second-order valence-corrected chi connectivity index (χ2v) is 5.83. The lowest BCUT2D eigenvalue weighted by molar-refractivity contribution is 1.07. The summed E-state index contributed by atoms with van der Waals surface area (Å²) >= 11 is 6.01. The Balaban J connectivity index is 1.95. The molecule has 116 valence electrons. The van der Waals surface area contributed by atoms with Crippen LogP contribution in [-0.4, -0.2) is 14.8 Å². The number of aromatic nitrogens is 3. The van der Waals surface area contributed by atoms with Crippen LogP contribution in [0.25, 0.3) is 28.5 Å². The van der Waals surface area contributed by atoms with E-state index in [1.165, 1.54) is 0 Å². The molecule has 0 aliphatic heterocycles. The van der Waals surface area contributed by atoms with Crippen molar-refractivity contribution in [1.82, 2.24) is 14.8 Å². The first-order chi connectivity index (χ1) is 11.8. The van der Waals surface area contributed by atoms with Gasteiger partial charge in [-0.15, -0.1) is 10.2 Å². The zero-order valence-corrected chi connectivity index (χ0v) is 13.6. The number of halogens is 1. The monoisotopic (exact) mass is 331 g/mol. The maximum atomic E-state index is 6.01. The molecule has 4 rings (SSSR count). The number of para-hydroxylation sites is 1. The van der Waals surface area contributed by atoms with Gasteiger partial charge in [0.1, 0.15) is 0 Å². The van der Waals surface area contributed by atoms with Crippen LogP contribution in [0.1, 0.15) is 0 Å². The van der Waals surface area contributed by atoms with E-state index in [-0.39, 0.29) is 0 Å². The molecule has 0 spiro atoms. The fourth-order valence-corrected chi connectivity index (χ4v) is 2.79. The Labute approximate surface area is 145 Å². The smallest absolute Gasteiger partial charge is 0.168 e. The summed E-state index contributed by atoms with van der Waals surface area (Å²) in [6, 6.07) is 27.8. The number of rotatable bonds is 3. The van der Waals surface area contributed by atoms with E-state index in [0.29, 0.717) is 5.02 Å². The highest BCUT2D eigenvalue weighted by atomic mass is 35.5. The summed E-state index contributed by atoms with van der Waals surface area (Å²) in [5.41, 5.74) is 3.01. The van der Waals surface area contributed by atoms with Crippen LogP contribution in [0.15, 0.2) is 84.9 Å². The van der Waals surface area contributed by atoms with Crippen molar-refractivity contribution in [2.75, 3.05) is 0 Å². The van der Waals surface area contributed by atoms with E-state index in [4.69, 9.17) is 11.6 Å². The van der Waals surface area contributed by atoms with E-state index in [1.807, 2.05) is 72.8 Å². The molecule has 0 saturated carbocycles. The third kappa shape index (κ3) is 2.70. The van der Waals surface area contributed by atoms with Gasteiger partial charge in [0.15, 0.2) is 11.6 Å². The second-order valence-electron chi connectivity index (χ2n) is 5.39. The quantitative estimate of drug-likeness (QED) is 0.513. The third-order valence-corrected chi connectivity index (χ3v) is 4.06. The highest BCUT2D eigenvalue weighted by molar-refractivity contribution is 6.30. The normalized spacial score (nSPS) is 10.7. The molecule has 0 fully saturated rings. The molecule has 4 aromatic rings. The maximum Gasteiger partial charge on any atom is 0.168 e.